The van der Waals surface area contributed by atoms with Crippen LogP contribution in [0.2, 0.25) is 0 Å². The second-order valence-electron chi connectivity index (χ2n) is 5.02. The van der Waals surface area contributed by atoms with Crippen LogP contribution in [0.3, 0.4) is 0 Å². The quantitative estimate of drug-likeness (QED) is 0.868. The molecule has 1 atom stereocenters. The first-order valence-electron chi connectivity index (χ1n) is 7.22. The molecule has 1 fully saturated rings. The average molecular weight is 277 g/mol. The highest BCUT2D eigenvalue weighted by molar-refractivity contribution is 5.85. The number of carbonyl (C=O) groups is 1. The average Bonchev–Trinajstić information content (AvgIpc) is 2.49. The molecule has 0 aliphatic carbocycles. The molecule has 0 saturated carbocycles. The first-order chi connectivity index (χ1) is 9.69. The van der Waals surface area contributed by atoms with Crippen LogP contribution in [0.15, 0.2) is 6.33 Å². The van der Waals surface area contributed by atoms with E-state index in [1.54, 1.807) is 13.4 Å². The van der Waals surface area contributed by atoms with Crippen molar-refractivity contribution in [3.8, 4) is 0 Å². The lowest BCUT2D eigenvalue weighted by Crippen LogP contribution is -2.49. The zero-order chi connectivity index (χ0) is 14.5. The molecule has 0 radical (unpaired) electrons. The number of anilines is 2. The van der Waals surface area contributed by atoms with E-state index in [0.29, 0.717) is 0 Å². The Bertz CT molecular complexity index is 477. The number of carbonyl (C=O) groups excluding carboxylic acids is 1. The van der Waals surface area contributed by atoms with Crippen molar-refractivity contribution in [3.05, 3.63) is 11.9 Å². The molecular formula is C14H23N5O. The van der Waals surface area contributed by atoms with Crippen molar-refractivity contribution in [1.29, 1.82) is 0 Å². The second-order valence-corrected chi connectivity index (χ2v) is 5.02. The largest absolute Gasteiger partial charge is 0.370 e. The van der Waals surface area contributed by atoms with Crippen molar-refractivity contribution in [1.82, 2.24) is 15.3 Å². The number of hydrogen-bond donors (Lipinski definition) is 2. The Morgan fingerprint density at radius 3 is 2.95 bits per heavy atom. The van der Waals surface area contributed by atoms with Gasteiger partial charge in [-0.1, -0.05) is 0 Å². The minimum atomic E-state index is -0.128. The number of rotatable bonds is 4. The molecule has 110 valence electrons. The number of amides is 1. The van der Waals surface area contributed by atoms with E-state index in [9.17, 15) is 4.79 Å². The SMILES string of the molecule is CCNc1ncnc(N2CCCCC2C(=O)NC)c1C. The van der Waals surface area contributed by atoms with Gasteiger partial charge in [-0.3, -0.25) is 4.79 Å². The predicted octanol–water partition coefficient (Wildman–Crippen LogP) is 1.32. The number of piperidine rings is 1. The Labute approximate surface area is 120 Å². The predicted molar refractivity (Wildman–Crippen MR) is 80.0 cm³/mol. The van der Waals surface area contributed by atoms with Gasteiger partial charge in [0.15, 0.2) is 0 Å². The molecule has 1 aliphatic rings. The molecule has 0 bridgehead atoms. The molecule has 6 nitrogen and oxygen atoms in total. The highest BCUT2D eigenvalue weighted by atomic mass is 16.2. The molecule has 2 rings (SSSR count). The standard InChI is InChI=1S/C14H23N5O/c1-4-16-12-10(2)13(18-9-17-12)19-8-6-5-7-11(19)14(20)15-3/h9,11H,4-8H2,1-3H3,(H,15,20)(H,16,17,18). The summed E-state index contributed by atoms with van der Waals surface area (Å²) in [6, 6.07) is -0.128. The van der Waals surface area contributed by atoms with Gasteiger partial charge >= 0.3 is 0 Å². The molecule has 2 N–H and O–H groups in total. The summed E-state index contributed by atoms with van der Waals surface area (Å²) in [7, 11) is 1.69. The van der Waals surface area contributed by atoms with E-state index in [1.165, 1.54) is 0 Å². The topological polar surface area (TPSA) is 70.2 Å². The van der Waals surface area contributed by atoms with Gasteiger partial charge in [0.25, 0.3) is 0 Å². The molecule has 1 aromatic heterocycles. The lowest BCUT2D eigenvalue weighted by Gasteiger charge is -2.36. The van der Waals surface area contributed by atoms with Gasteiger partial charge in [-0.25, -0.2) is 9.97 Å². The van der Waals surface area contributed by atoms with Crippen molar-refractivity contribution in [2.75, 3.05) is 30.4 Å². The molecule has 0 spiro atoms. The minimum Gasteiger partial charge on any atom is -0.370 e. The maximum absolute atomic E-state index is 12.1. The van der Waals surface area contributed by atoms with Crippen molar-refractivity contribution in [3.63, 3.8) is 0 Å². The lowest BCUT2D eigenvalue weighted by molar-refractivity contribution is -0.122. The summed E-state index contributed by atoms with van der Waals surface area (Å²) >= 11 is 0. The summed E-state index contributed by atoms with van der Waals surface area (Å²) in [4.78, 5) is 22.8. The molecule has 1 amide bonds. The zero-order valence-electron chi connectivity index (χ0n) is 12.4. The first-order valence-corrected chi connectivity index (χ1v) is 7.22. The highest BCUT2D eigenvalue weighted by Crippen LogP contribution is 2.28. The van der Waals surface area contributed by atoms with E-state index < -0.39 is 0 Å². The number of aromatic nitrogens is 2. The van der Waals surface area contributed by atoms with E-state index in [4.69, 9.17) is 0 Å². The summed E-state index contributed by atoms with van der Waals surface area (Å²) in [5.74, 6) is 1.77. The van der Waals surface area contributed by atoms with Gasteiger partial charge in [0.05, 0.1) is 0 Å². The Morgan fingerprint density at radius 2 is 2.25 bits per heavy atom. The van der Waals surface area contributed by atoms with E-state index in [1.807, 2.05) is 13.8 Å². The first kappa shape index (κ1) is 14.6. The highest BCUT2D eigenvalue weighted by Gasteiger charge is 2.30. The second kappa shape index (κ2) is 6.54. The Morgan fingerprint density at radius 1 is 1.45 bits per heavy atom. The van der Waals surface area contributed by atoms with Crippen LogP contribution >= 0.6 is 0 Å². The fraction of sp³-hybridized carbons (Fsp3) is 0.643. The summed E-state index contributed by atoms with van der Waals surface area (Å²) in [5.41, 5.74) is 1.00. The fourth-order valence-corrected chi connectivity index (χ4v) is 2.70. The third-order valence-electron chi connectivity index (χ3n) is 3.73. The van der Waals surface area contributed by atoms with Crippen LogP contribution in [0.4, 0.5) is 11.6 Å². The summed E-state index contributed by atoms with van der Waals surface area (Å²) in [6.45, 7) is 5.72. The Hall–Kier alpha value is -1.85. The fourth-order valence-electron chi connectivity index (χ4n) is 2.70. The molecular weight excluding hydrogens is 254 g/mol. The molecule has 20 heavy (non-hydrogen) atoms. The smallest absolute Gasteiger partial charge is 0.242 e. The normalized spacial score (nSPS) is 18.8. The number of likely N-dealkylation sites (N-methyl/N-ethyl adjacent to an activating group) is 1. The monoisotopic (exact) mass is 277 g/mol. The van der Waals surface area contributed by atoms with Crippen LogP contribution in [-0.2, 0) is 4.79 Å². The molecule has 1 aromatic rings. The molecule has 0 aromatic carbocycles. The van der Waals surface area contributed by atoms with Gasteiger partial charge in [-0.05, 0) is 33.1 Å². The van der Waals surface area contributed by atoms with Crippen LogP contribution in [0.25, 0.3) is 0 Å². The third-order valence-corrected chi connectivity index (χ3v) is 3.73. The summed E-state index contributed by atoms with van der Waals surface area (Å²) < 4.78 is 0. The Kier molecular flexibility index (Phi) is 4.76. The maximum Gasteiger partial charge on any atom is 0.242 e. The van der Waals surface area contributed by atoms with Gasteiger partial charge in [-0.15, -0.1) is 0 Å². The molecule has 1 unspecified atom stereocenters. The van der Waals surface area contributed by atoms with E-state index in [0.717, 1.165) is 49.6 Å². The van der Waals surface area contributed by atoms with Gasteiger partial charge in [0, 0.05) is 25.7 Å². The number of hydrogen-bond acceptors (Lipinski definition) is 5. The van der Waals surface area contributed by atoms with Crippen molar-refractivity contribution < 1.29 is 4.79 Å². The van der Waals surface area contributed by atoms with Crippen molar-refractivity contribution in [2.24, 2.45) is 0 Å². The lowest BCUT2D eigenvalue weighted by atomic mass is 10.0. The van der Waals surface area contributed by atoms with Crippen LogP contribution in [-0.4, -0.2) is 42.1 Å². The van der Waals surface area contributed by atoms with E-state index >= 15 is 0 Å². The van der Waals surface area contributed by atoms with E-state index in [2.05, 4.69) is 25.5 Å². The third kappa shape index (κ3) is 2.84. The molecule has 1 aliphatic heterocycles. The van der Waals surface area contributed by atoms with Gasteiger partial charge < -0.3 is 15.5 Å². The van der Waals surface area contributed by atoms with Crippen LogP contribution in [0, 0.1) is 6.92 Å². The minimum absolute atomic E-state index is 0.0627. The summed E-state index contributed by atoms with van der Waals surface area (Å²) in [5, 5.41) is 5.99. The number of nitrogens with one attached hydrogen (secondary N) is 2. The summed E-state index contributed by atoms with van der Waals surface area (Å²) in [6.07, 6.45) is 4.61. The van der Waals surface area contributed by atoms with Crippen LogP contribution in [0.5, 0.6) is 0 Å². The van der Waals surface area contributed by atoms with Crippen molar-refractivity contribution >= 4 is 17.5 Å². The molecule has 2 heterocycles. The molecule has 1 saturated heterocycles. The van der Waals surface area contributed by atoms with Crippen molar-refractivity contribution in [2.45, 2.75) is 39.2 Å². The van der Waals surface area contributed by atoms with Crippen LogP contribution in [0.1, 0.15) is 31.7 Å². The van der Waals surface area contributed by atoms with Gasteiger partial charge in [0.1, 0.15) is 24.0 Å². The Balaban J connectivity index is 2.32. The maximum atomic E-state index is 12.1. The van der Waals surface area contributed by atoms with Crippen LogP contribution < -0.4 is 15.5 Å². The molecule has 6 heteroatoms. The zero-order valence-corrected chi connectivity index (χ0v) is 12.4. The number of nitrogens with zero attached hydrogens (tertiary/aromatic N) is 3. The van der Waals surface area contributed by atoms with Gasteiger partial charge in [0.2, 0.25) is 5.91 Å². The van der Waals surface area contributed by atoms with E-state index in [-0.39, 0.29) is 11.9 Å². The van der Waals surface area contributed by atoms with Gasteiger partial charge in [-0.2, -0.15) is 0 Å².